The normalized spacial score (nSPS) is 21.3. The van der Waals surface area contributed by atoms with Crippen molar-refractivity contribution in [2.24, 2.45) is 0 Å². The topological polar surface area (TPSA) is 84.4 Å². The van der Waals surface area contributed by atoms with Gasteiger partial charge in [0.05, 0.1) is 19.3 Å². The van der Waals surface area contributed by atoms with Gasteiger partial charge in [-0.05, 0) is 25.0 Å². The molecular formula is C17H18N4O3. The molecule has 7 nitrogen and oxygen atoms in total. The highest BCUT2D eigenvalue weighted by atomic mass is 16.3. The van der Waals surface area contributed by atoms with Crippen LogP contribution in [-0.2, 0) is 6.54 Å². The molecule has 1 fully saturated rings. The van der Waals surface area contributed by atoms with E-state index in [9.17, 15) is 9.90 Å². The summed E-state index contributed by atoms with van der Waals surface area (Å²) in [6.45, 7) is 1.18. The van der Waals surface area contributed by atoms with Gasteiger partial charge in [0.1, 0.15) is 11.2 Å². The van der Waals surface area contributed by atoms with Crippen LogP contribution in [0.1, 0.15) is 23.4 Å². The maximum Gasteiger partial charge on any atom is 0.289 e. The zero-order valence-electron chi connectivity index (χ0n) is 13.1. The SMILES string of the molecule is O=C(c1cc2ccccc2o1)N1CCCC(O)(Cn2ccnn2)C1. The van der Waals surface area contributed by atoms with Gasteiger partial charge in [-0.3, -0.25) is 4.79 Å². The molecular weight excluding hydrogens is 308 g/mol. The predicted molar refractivity (Wildman–Crippen MR) is 86.3 cm³/mol. The van der Waals surface area contributed by atoms with Crippen molar-refractivity contribution in [1.82, 2.24) is 19.9 Å². The molecule has 4 rings (SSSR count). The lowest BCUT2D eigenvalue weighted by Crippen LogP contribution is -2.52. The molecule has 0 spiro atoms. The second-order valence-electron chi connectivity index (χ2n) is 6.30. The van der Waals surface area contributed by atoms with Gasteiger partial charge in [0, 0.05) is 18.1 Å². The van der Waals surface area contributed by atoms with Crippen LogP contribution < -0.4 is 0 Å². The second-order valence-corrected chi connectivity index (χ2v) is 6.30. The van der Waals surface area contributed by atoms with E-state index in [1.807, 2.05) is 24.3 Å². The molecule has 1 atom stereocenters. The number of carbonyl (C=O) groups is 1. The lowest BCUT2D eigenvalue weighted by Gasteiger charge is -2.38. The number of para-hydroxylation sites is 1. The number of likely N-dealkylation sites (tertiary alicyclic amines) is 1. The smallest absolute Gasteiger partial charge is 0.289 e. The predicted octanol–water partition coefficient (Wildman–Crippen LogP) is 1.69. The van der Waals surface area contributed by atoms with Gasteiger partial charge in [-0.1, -0.05) is 23.4 Å². The minimum atomic E-state index is -1.01. The number of β-amino-alcohol motifs (C(OH)–C–C–N with tert-alkyl or cyclic N) is 1. The van der Waals surface area contributed by atoms with E-state index in [0.717, 1.165) is 11.8 Å². The second kappa shape index (κ2) is 5.76. The van der Waals surface area contributed by atoms with Gasteiger partial charge < -0.3 is 14.4 Å². The molecule has 1 aromatic carbocycles. The number of amides is 1. The van der Waals surface area contributed by atoms with E-state index in [2.05, 4.69) is 10.3 Å². The van der Waals surface area contributed by atoms with E-state index < -0.39 is 5.60 Å². The Morgan fingerprint density at radius 2 is 2.25 bits per heavy atom. The minimum absolute atomic E-state index is 0.192. The van der Waals surface area contributed by atoms with E-state index >= 15 is 0 Å². The Morgan fingerprint density at radius 3 is 3.04 bits per heavy atom. The van der Waals surface area contributed by atoms with Crippen LogP contribution in [0.15, 0.2) is 47.1 Å². The Morgan fingerprint density at radius 1 is 1.38 bits per heavy atom. The first-order chi connectivity index (χ1) is 11.6. The third-order valence-corrected chi connectivity index (χ3v) is 4.41. The maximum atomic E-state index is 12.7. The van der Waals surface area contributed by atoms with Crippen LogP contribution in [0.5, 0.6) is 0 Å². The molecule has 1 aliphatic rings. The number of furan rings is 1. The summed E-state index contributed by atoms with van der Waals surface area (Å²) in [5.41, 5.74) is -0.316. The number of aliphatic hydroxyl groups is 1. The molecule has 0 aliphatic carbocycles. The molecule has 7 heteroatoms. The first-order valence-corrected chi connectivity index (χ1v) is 7.97. The van der Waals surface area contributed by atoms with Gasteiger partial charge in [-0.15, -0.1) is 5.10 Å². The molecule has 0 saturated carbocycles. The van der Waals surface area contributed by atoms with Crippen molar-refractivity contribution >= 4 is 16.9 Å². The van der Waals surface area contributed by atoms with Gasteiger partial charge in [0.25, 0.3) is 5.91 Å². The van der Waals surface area contributed by atoms with Crippen LogP contribution in [0.4, 0.5) is 0 Å². The van der Waals surface area contributed by atoms with E-state index in [4.69, 9.17) is 4.42 Å². The van der Waals surface area contributed by atoms with Crippen molar-refractivity contribution in [2.45, 2.75) is 25.0 Å². The summed E-state index contributed by atoms with van der Waals surface area (Å²) in [5, 5.41) is 19.4. The Kier molecular flexibility index (Phi) is 3.57. The Labute approximate surface area is 138 Å². The van der Waals surface area contributed by atoms with Crippen LogP contribution in [-0.4, -0.2) is 49.6 Å². The van der Waals surface area contributed by atoms with Crippen LogP contribution in [0.3, 0.4) is 0 Å². The summed E-state index contributed by atoms with van der Waals surface area (Å²) >= 11 is 0. The molecule has 1 amide bonds. The van der Waals surface area contributed by atoms with Crippen LogP contribution in [0.25, 0.3) is 11.0 Å². The van der Waals surface area contributed by atoms with E-state index in [0.29, 0.717) is 30.9 Å². The van der Waals surface area contributed by atoms with Crippen molar-refractivity contribution in [3.05, 3.63) is 48.5 Å². The summed E-state index contributed by atoms with van der Waals surface area (Å²) in [4.78, 5) is 14.4. The number of aromatic nitrogens is 3. The number of rotatable bonds is 3. The molecule has 3 heterocycles. The summed E-state index contributed by atoms with van der Waals surface area (Å²) in [5.74, 6) is 0.115. The van der Waals surface area contributed by atoms with Gasteiger partial charge in [0.2, 0.25) is 0 Å². The van der Waals surface area contributed by atoms with Crippen molar-refractivity contribution in [2.75, 3.05) is 13.1 Å². The van der Waals surface area contributed by atoms with Crippen molar-refractivity contribution in [1.29, 1.82) is 0 Å². The number of fused-ring (bicyclic) bond motifs is 1. The highest BCUT2D eigenvalue weighted by molar-refractivity contribution is 5.96. The van der Waals surface area contributed by atoms with Crippen molar-refractivity contribution in [3.8, 4) is 0 Å². The largest absolute Gasteiger partial charge is 0.451 e. The zero-order chi connectivity index (χ0) is 16.6. The summed E-state index contributed by atoms with van der Waals surface area (Å²) < 4.78 is 7.25. The highest BCUT2D eigenvalue weighted by Gasteiger charge is 2.37. The summed E-state index contributed by atoms with van der Waals surface area (Å²) in [6, 6.07) is 9.28. The van der Waals surface area contributed by atoms with E-state index in [1.54, 1.807) is 28.0 Å². The summed E-state index contributed by atoms with van der Waals surface area (Å²) in [6.07, 6.45) is 4.63. The van der Waals surface area contributed by atoms with Crippen LogP contribution >= 0.6 is 0 Å². The van der Waals surface area contributed by atoms with Gasteiger partial charge in [0.15, 0.2) is 5.76 Å². The first-order valence-electron chi connectivity index (χ1n) is 7.97. The number of carbonyl (C=O) groups excluding carboxylic acids is 1. The molecule has 0 bridgehead atoms. The summed E-state index contributed by atoms with van der Waals surface area (Å²) in [7, 11) is 0. The number of nitrogens with zero attached hydrogens (tertiary/aromatic N) is 4. The average Bonchev–Trinajstić information content (AvgIpc) is 3.22. The van der Waals surface area contributed by atoms with E-state index in [1.165, 1.54) is 0 Å². The molecule has 1 unspecified atom stereocenters. The lowest BCUT2D eigenvalue weighted by atomic mass is 9.92. The van der Waals surface area contributed by atoms with Gasteiger partial charge in [-0.25, -0.2) is 4.68 Å². The fourth-order valence-electron chi connectivity index (χ4n) is 3.28. The fraction of sp³-hybridized carbons (Fsp3) is 0.353. The molecule has 1 saturated heterocycles. The fourth-order valence-corrected chi connectivity index (χ4v) is 3.28. The third-order valence-electron chi connectivity index (χ3n) is 4.41. The van der Waals surface area contributed by atoms with E-state index in [-0.39, 0.29) is 12.5 Å². The zero-order valence-corrected chi connectivity index (χ0v) is 13.1. The monoisotopic (exact) mass is 326 g/mol. The lowest BCUT2D eigenvalue weighted by molar-refractivity contribution is -0.0393. The average molecular weight is 326 g/mol. The third kappa shape index (κ3) is 2.78. The van der Waals surface area contributed by atoms with Crippen molar-refractivity contribution < 1.29 is 14.3 Å². The van der Waals surface area contributed by atoms with Gasteiger partial charge in [-0.2, -0.15) is 0 Å². The molecule has 24 heavy (non-hydrogen) atoms. The number of piperidine rings is 1. The maximum absolute atomic E-state index is 12.7. The molecule has 1 N–H and O–H groups in total. The molecule has 0 radical (unpaired) electrons. The number of benzene rings is 1. The highest BCUT2D eigenvalue weighted by Crippen LogP contribution is 2.26. The van der Waals surface area contributed by atoms with Gasteiger partial charge >= 0.3 is 0 Å². The number of hydrogen-bond acceptors (Lipinski definition) is 5. The minimum Gasteiger partial charge on any atom is -0.451 e. The first kappa shape index (κ1) is 14.9. The Bertz CT molecular complexity index is 825. The van der Waals surface area contributed by atoms with Crippen LogP contribution in [0, 0.1) is 0 Å². The standard InChI is InChI=1S/C17H18N4O3/c22-16(15-10-13-4-1-2-5-14(13)24-15)20-8-3-6-17(23,11-20)12-21-9-7-18-19-21/h1-2,4-5,7,9-10,23H,3,6,8,11-12H2. The van der Waals surface area contributed by atoms with Crippen molar-refractivity contribution in [3.63, 3.8) is 0 Å². The molecule has 1 aliphatic heterocycles. The molecule has 2 aromatic heterocycles. The molecule has 3 aromatic rings. The van der Waals surface area contributed by atoms with Crippen LogP contribution in [0.2, 0.25) is 0 Å². The quantitative estimate of drug-likeness (QED) is 0.792. The number of hydrogen-bond donors (Lipinski definition) is 1. The Balaban J connectivity index is 1.53. The Hall–Kier alpha value is -2.67. The molecule has 124 valence electrons.